The van der Waals surface area contributed by atoms with E-state index in [-0.39, 0.29) is 6.04 Å². The quantitative estimate of drug-likeness (QED) is 0.744. The molecule has 21 heavy (non-hydrogen) atoms. The third-order valence-corrected chi connectivity index (χ3v) is 4.70. The summed E-state index contributed by atoms with van der Waals surface area (Å²) in [5.74, 6) is 2.30. The maximum absolute atomic E-state index is 5.51. The van der Waals surface area contributed by atoms with E-state index in [1.165, 1.54) is 5.56 Å². The molecule has 1 unspecified atom stereocenters. The maximum Gasteiger partial charge on any atom is 0.251 e. The van der Waals surface area contributed by atoms with Crippen molar-refractivity contribution >= 4 is 11.3 Å². The third kappa shape index (κ3) is 2.08. The van der Waals surface area contributed by atoms with Gasteiger partial charge in [-0.2, -0.15) is 21.4 Å². The maximum atomic E-state index is 5.51. The fourth-order valence-electron chi connectivity index (χ4n) is 2.79. The largest absolute Gasteiger partial charge is 0.337 e. The zero-order chi connectivity index (χ0) is 14.2. The molecule has 0 spiro atoms. The van der Waals surface area contributed by atoms with Gasteiger partial charge in [0.1, 0.15) is 18.2 Å². The highest BCUT2D eigenvalue weighted by Gasteiger charge is 2.28. The zero-order valence-electron chi connectivity index (χ0n) is 11.7. The Balaban J connectivity index is 1.70. The smallest absolute Gasteiger partial charge is 0.251 e. The van der Waals surface area contributed by atoms with Gasteiger partial charge in [-0.25, -0.2) is 9.67 Å². The summed E-state index contributed by atoms with van der Waals surface area (Å²) in [6.45, 7) is 2.13. The van der Waals surface area contributed by atoms with E-state index in [0.717, 1.165) is 37.1 Å². The molecule has 1 aliphatic heterocycles. The van der Waals surface area contributed by atoms with Crippen LogP contribution in [0.1, 0.15) is 43.1 Å². The van der Waals surface area contributed by atoms with Crippen molar-refractivity contribution in [3.05, 3.63) is 34.4 Å². The van der Waals surface area contributed by atoms with E-state index >= 15 is 0 Å². The Bertz CT molecular complexity index is 759. The van der Waals surface area contributed by atoms with Crippen molar-refractivity contribution in [2.45, 2.75) is 38.6 Å². The van der Waals surface area contributed by atoms with Gasteiger partial charge in [-0.1, -0.05) is 12.1 Å². The Kier molecular flexibility index (Phi) is 3.07. The summed E-state index contributed by atoms with van der Waals surface area (Å²) in [6, 6.07) is 0.0150. The summed E-state index contributed by atoms with van der Waals surface area (Å²) < 4.78 is 7.42. The highest BCUT2D eigenvalue weighted by Crippen LogP contribution is 2.31. The average Bonchev–Trinajstić information content (AvgIpc) is 3.24. The Hall–Kier alpha value is -2.02. The Morgan fingerprint density at radius 3 is 3.29 bits per heavy atom. The lowest BCUT2D eigenvalue weighted by atomic mass is 10.1. The van der Waals surface area contributed by atoms with Crippen molar-refractivity contribution in [3.8, 4) is 11.4 Å². The van der Waals surface area contributed by atoms with E-state index in [2.05, 4.69) is 37.9 Å². The molecule has 3 aromatic rings. The molecule has 0 bridgehead atoms. The minimum Gasteiger partial charge on any atom is -0.337 e. The van der Waals surface area contributed by atoms with Gasteiger partial charge in [-0.3, -0.25) is 0 Å². The van der Waals surface area contributed by atoms with Crippen molar-refractivity contribution in [2.24, 2.45) is 0 Å². The summed E-state index contributed by atoms with van der Waals surface area (Å²) in [4.78, 5) is 8.88. The monoisotopic (exact) mass is 301 g/mol. The summed E-state index contributed by atoms with van der Waals surface area (Å²) >= 11 is 1.67. The molecule has 0 saturated heterocycles. The highest BCUT2D eigenvalue weighted by molar-refractivity contribution is 7.08. The Labute approximate surface area is 125 Å². The number of rotatable bonds is 3. The second-order valence-electron chi connectivity index (χ2n) is 5.15. The number of aryl methyl sites for hydroxylation is 2. The van der Waals surface area contributed by atoms with Crippen molar-refractivity contribution in [2.75, 3.05) is 0 Å². The molecule has 1 atom stereocenters. The van der Waals surface area contributed by atoms with Crippen molar-refractivity contribution < 1.29 is 4.52 Å². The Morgan fingerprint density at radius 1 is 1.43 bits per heavy atom. The van der Waals surface area contributed by atoms with Crippen LogP contribution in [0.2, 0.25) is 0 Å². The van der Waals surface area contributed by atoms with E-state index in [4.69, 9.17) is 4.52 Å². The van der Waals surface area contributed by atoms with E-state index in [1.807, 2.05) is 4.68 Å². The fraction of sp³-hybridized carbons (Fsp3) is 0.429. The lowest BCUT2D eigenvalue weighted by Crippen LogP contribution is -2.20. The van der Waals surface area contributed by atoms with Crippen LogP contribution in [0.15, 0.2) is 21.6 Å². The van der Waals surface area contributed by atoms with Gasteiger partial charge in [0.2, 0.25) is 5.82 Å². The Morgan fingerprint density at radius 2 is 2.38 bits per heavy atom. The fourth-order valence-corrected chi connectivity index (χ4v) is 3.71. The number of thiophene rings is 1. The molecule has 6 nitrogen and oxygen atoms in total. The van der Waals surface area contributed by atoms with Gasteiger partial charge in [0.05, 0.1) is 0 Å². The molecule has 0 amide bonds. The van der Waals surface area contributed by atoms with Gasteiger partial charge < -0.3 is 4.52 Å². The van der Waals surface area contributed by atoms with Crippen LogP contribution >= 0.6 is 11.3 Å². The average molecular weight is 301 g/mol. The van der Waals surface area contributed by atoms with E-state index < -0.39 is 0 Å². The second kappa shape index (κ2) is 5.07. The van der Waals surface area contributed by atoms with Crippen LogP contribution in [-0.4, -0.2) is 24.9 Å². The topological polar surface area (TPSA) is 69.6 Å². The van der Waals surface area contributed by atoms with Gasteiger partial charge in [-0.15, -0.1) is 0 Å². The molecule has 0 radical (unpaired) electrons. The molecule has 3 aromatic heterocycles. The van der Waals surface area contributed by atoms with Crippen molar-refractivity contribution in [1.29, 1.82) is 0 Å². The molecule has 0 N–H and O–H groups in total. The molecule has 0 aromatic carbocycles. The lowest BCUT2D eigenvalue weighted by Gasteiger charge is -2.19. The predicted octanol–water partition coefficient (Wildman–Crippen LogP) is 2.88. The van der Waals surface area contributed by atoms with Gasteiger partial charge >= 0.3 is 0 Å². The molecular formula is C14H15N5OS. The molecule has 108 valence electrons. The normalized spacial score (nSPS) is 17.9. The first-order valence-corrected chi connectivity index (χ1v) is 8.08. The standard InChI is InChI=1S/C14H15N5OS/c1-2-9-6-21-7-10(9)13-17-14(20-18-13)11-4-3-5-12-15-8-16-19(11)12/h6-8,11H,2-5H2,1H3. The number of aromatic nitrogens is 5. The minimum atomic E-state index is 0.0150. The van der Waals surface area contributed by atoms with Gasteiger partial charge in [0, 0.05) is 17.4 Å². The molecule has 0 saturated carbocycles. The molecule has 0 aliphatic carbocycles. The van der Waals surface area contributed by atoms with Gasteiger partial charge in [0.15, 0.2) is 0 Å². The summed E-state index contributed by atoms with van der Waals surface area (Å²) in [6.07, 6.45) is 5.56. The van der Waals surface area contributed by atoms with Gasteiger partial charge in [0.25, 0.3) is 5.89 Å². The number of hydrogen-bond acceptors (Lipinski definition) is 6. The van der Waals surface area contributed by atoms with E-state index in [1.54, 1.807) is 17.7 Å². The number of fused-ring (bicyclic) bond motifs is 1. The molecule has 4 heterocycles. The predicted molar refractivity (Wildman–Crippen MR) is 78.1 cm³/mol. The molecule has 7 heteroatoms. The number of nitrogens with zero attached hydrogens (tertiary/aromatic N) is 5. The molecule has 0 fully saturated rings. The molecule has 1 aliphatic rings. The first-order chi connectivity index (χ1) is 10.4. The van der Waals surface area contributed by atoms with Crippen molar-refractivity contribution in [3.63, 3.8) is 0 Å². The minimum absolute atomic E-state index is 0.0150. The van der Waals surface area contributed by atoms with Crippen molar-refractivity contribution in [1.82, 2.24) is 24.9 Å². The summed E-state index contributed by atoms with van der Waals surface area (Å²) in [5, 5.41) is 12.7. The second-order valence-corrected chi connectivity index (χ2v) is 5.89. The molecular weight excluding hydrogens is 286 g/mol. The number of hydrogen-bond donors (Lipinski definition) is 0. The zero-order valence-corrected chi connectivity index (χ0v) is 12.5. The SMILES string of the molecule is CCc1cscc1-c1noc(C2CCCc3ncnn32)n1. The van der Waals surface area contributed by atoms with Gasteiger partial charge in [-0.05, 0) is 30.2 Å². The van der Waals surface area contributed by atoms with Crippen LogP contribution in [0.3, 0.4) is 0 Å². The van der Waals surface area contributed by atoms with Crippen LogP contribution in [0.25, 0.3) is 11.4 Å². The highest BCUT2D eigenvalue weighted by atomic mass is 32.1. The first-order valence-electron chi connectivity index (χ1n) is 7.14. The summed E-state index contributed by atoms with van der Waals surface area (Å²) in [5.41, 5.74) is 2.34. The third-order valence-electron chi connectivity index (χ3n) is 3.91. The van der Waals surface area contributed by atoms with Crippen LogP contribution in [0.4, 0.5) is 0 Å². The van der Waals surface area contributed by atoms with Crippen LogP contribution in [-0.2, 0) is 12.8 Å². The van der Waals surface area contributed by atoms with E-state index in [9.17, 15) is 0 Å². The first kappa shape index (κ1) is 12.7. The van der Waals surface area contributed by atoms with E-state index in [0.29, 0.717) is 11.7 Å². The molecule has 4 rings (SSSR count). The van der Waals surface area contributed by atoms with Crippen LogP contribution < -0.4 is 0 Å². The lowest BCUT2D eigenvalue weighted by molar-refractivity contribution is 0.295. The van der Waals surface area contributed by atoms with Crippen LogP contribution in [0.5, 0.6) is 0 Å². The summed E-state index contributed by atoms with van der Waals surface area (Å²) in [7, 11) is 0. The van der Waals surface area contributed by atoms with Crippen LogP contribution in [0, 0.1) is 0 Å².